The van der Waals surface area contributed by atoms with Gasteiger partial charge in [0.25, 0.3) is 0 Å². The topological polar surface area (TPSA) is 29.5 Å². The van der Waals surface area contributed by atoms with Gasteiger partial charge in [0.05, 0.1) is 6.10 Å². The van der Waals surface area contributed by atoms with Crippen molar-refractivity contribution in [2.45, 2.75) is 46.0 Å². The summed E-state index contributed by atoms with van der Waals surface area (Å²) in [7, 11) is 0. The molecule has 0 bridgehead atoms. The van der Waals surface area contributed by atoms with Crippen molar-refractivity contribution >= 4 is 0 Å². The number of aliphatic hydroxyl groups is 1. The maximum absolute atomic E-state index is 8.94. The monoisotopic (exact) mass is 132 g/mol. The lowest BCUT2D eigenvalue weighted by molar-refractivity contribution is -0.131. The van der Waals surface area contributed by atoms with Crippen LogP contribution in [0, 0.1) is 0 Å². The van der Waals surface area contributed by atoms with E-state index in [4.69, 9.17) is 9.84 Å². The van der Waals surface area contributed by atoms with Gasteiger partial charge in [-0.2, -0.15) is 0 Å². The minimum absolute atomic E-state index is 0.181. The van der Waals surface area contributed by atoms with Gasteiger partial charge in [0.2, 0.25) is 0 Å². The van der Waals surface area contributed by atoms with Gasteiger partial charge in [-0.15, -0.1) is 0 Å². The Labute approximate surface area is 56.8 Å². The summed E-state index contributed by atoms with van der Waals surface area (Å²) in [4.78, 5) is 0. The molecule has 0 heterocycles. The average molecular weight is 132 g/mol. The first kappa shape index (κ1) is 8.92. The lowest BCUT2D eigenvalue weighted by atomic mass is 10.3. The molecule has 0 aromatic rings. The van der Waals surface area contributed by atoms with Crippen molar-refractivity contribution in [2.24, 2.45) is 0 Å². The Morgan fingerprint density at radius 2 is 1.89 bits per heavy atom. The zero-order valence-electron chi connectivity index (χ0n) is 6.42. The van der Waals surface area contributed by atoms with Crippen LogP contribution in [0.15, 0.2) is 0 Å². The van der Waals surface area contributed by atoms with Crippen molar-refractivity contribution in [2.75, 3.05) is 0 Å². The summed E-state index contributed by atoms with van der Waals surface area (Å²) in [6.45, 7) is 5.89. The van der Waals surface area contributed by atoms with E-state index in [2.05, 4.69) is 0 Å². The van der Waals surface area contributed by atoms with E-state index in [0.29, 0.717) is 6.42 Å². The molecule has 0 aliphatic rings. The summed E-state index contributed by atoms with van der Waals surface area (Å²) in [5, 5.41) is 8.94. The zero-order chi connectivity index (χ0) is 7.28. The molecule has 0 rings (SSSR count). The Balaban J connectivity index is 3.22. The fourth-order valence-electron chi connectivity index (χ4n) is 0.461. The van der Waals surface area contributed by atoms with Gasteiger partial charge in [-0.3, -0.25) is 0 Å². The third-order valence-corrected chi connectivity index (χ3v) is 1.31. The summed E-state index contributed by atoms with van der Waals surface area (Å²) in [5.41, 5.74) is 0. The molecule has 2 heteroatoms. The smallest absolute Gasteiger partial charge is 0.154 e. The van der Waals surface area contributed by atoms with Crippen LogP contribution in [-0.4, -0.2) is 17.5 Å². The fraction of sp³-hybridized carbons (Fsp3) is 1.00. The van der Waals surface area contributed by atoms with Crippen LogP contribution in [-0.2, 0) is 4.74 Å². The van der Waals surface area contributed by atoms with E-state index in [1.54, 1.807) is 0 Å². The molecule has 0 aromatic heterocycles. The summed E-state index contributed by atoms with van der Waals surface area (Å²) in [6.07, 6.45) is 1.24. The molecule has 0 fully saturated rings. The maximum Gasteiger partial charge on any atom is 0.154 e. The quantitative estimate of drug-likeness (QED) is 0.588. The molecule has 0 radical (unpaired) electrons. The van der Waals surface area contributed by atoms with Gasteiger partial charge in [0.1, 0.15) is 0 Å². The first-order valence-corrected chi connectivity index (χ1v) is 3.54. The Bertz CT molecular complexity index is 55.9. The van der Waals surface area contributed by atoms with Crippen LogP contribution in [0.1, 0.15) is 33.6 Å². The van der Waals surface area contributed by atoms with Crippen LogP contribution >= 0.6 is 0 Å². The Morgan fingerprint density at radius 1 is 1.33 bits per heavy atom. The number of hydrogen-bond donors (Lipinski definition) is 1. The van der Waals surface area contributed by atoms with Crippen molar-refractivity contribution in [3.8, 4) is 0 Å². The molecule has 0 aliphatic carbocycles. The molecule has 0 aliphatic heterocycles. The molecule has 56 valence electrons. The molecule has 0 saturated heterocycles. The van der Waals surface area contributed by atoms with Gasteiger partial charge in [0.15, 0.2) is 6.29 Å². The molecule has 1 N–H and O–H groups in total. The van der Waals surface area contributed by atoms with Gasteiger partial charge in [-0.25, -0.2) is 0 Å². The summed E-state index contributed by atoms with van der Waals surface area (Å²) >= 11 is 0. The van der Waals surface area contributed by atoms with E-state index >= 15 is 0 Å². The van der Waals surface area contributed by atoms with Crippen LogP contribution < -0.4 is 0 Å². The minimum Gasteiger partial charge on any atom is -0.368 e. The van der Waals surface area contributed by atoms with E-state index < -0.39 is 6.29 Å². The molecule has 0 amide bonds. The first-order chi connectivity index (χ1) is 4.20. The van der Waals surface area contributed by atoms with Gasteiger partial charge in [-0.05, 0) is 19.8 Å². The molecule has 0 unspecified atom stereocenters. The van der Waals surface area contributed by atoms with E-state index in [9.17, 15) is 0 Å². The lowest BCUT2D eigenvalue weighted by Crippen LogP contribution is -2.17. The summed E-state index contributed by atoms with van der Waals surface area (Å²) in [5.74, 6) is 0. The second-order valence-electron chi connectivity index (χ2n) is 2.22. The third-order valence-electron chi connectivity index (χ3n) is 1.31. The maximum atomic E-state index is 8.94. The van der Waals surface area contributed by atoms with Crippen LogP contribution in [0.2, 0.25) is 0 Å². The van der Waals surface area contributed by atoms with E-state index in [1.807, 2.05) is 20.8 Å². The highest BCUT2D eigenvalue weighted by Gasteiger charge is 2.04. The molecule has 0 spiro atoms. The molecule has 2 nitrogen and oxygen atoms in total. The van der Waals surface area contributed by atoms with Gasteiger partial charge in [0, 0.05) is 0 Å². The highest BCUT2D eigenvalue weighted by atomic mass is 16.6. The highest BCUT2D eigenvalue weighted by Crippen LogP contribution is 2.01. The van der Waals surface area contributed by atoms with Crippen LogP contribution in [0.25, 0.3) is 0 Å². The van der Waals surface area contributed by atoms with Crippen LogP contribution in [0.5, 0.6) is 0 Å². The number of rotatable bonds is 4. The van der Waals surface area contributed by atoms with Crippen molar-refractivity contribution in [3.05, 3.63) is 0 Å². The van der Waals surface area contributed by atoms with Crippen LogP contribution in [0.4, 0.5) is 0 Å². The van der Waals surface area contributed by atoms with E-state index in [-0.39, 0.29) is 6.10 Å². The van der Waals surface area contributed by atoms with Gasteiger partial charge < -0.3 is 9.84 Å². The molecular formula is C7H16O2. The summed E-state index contributed by atoms with van der Waals surface area (Å²) < 4.78 is 5.10. The Kier molecular flexibility index (Phi) is 4.72. The normalized spacial score (nSPS) is 17.3. The van der Waals surface area contributed by atoms with Gasteiger partial charge in [-0.1, -0.05) is 13.8 Å². The third kappa shape index (κ3) is 4.43. The zero-order valence-corrected chi connectivity index (χ0v) is 6.42. The second kappa shape index (κ2) is 4.77. The fourth-order valence-corrected chi connectivity index (χ4v) is 0.461. The minimum atomic E-state index is -0.569. The van der Waals surface area contributed by atoms with E-state index in [0.717, 1.165) is 6.42 Å². The Hall–Kier alpha value is -0.0800. The summed E-state index contributed by atoms with van der Waals surface area (Å²) in [6, 6.07) is 0. The first-order valence-electron chi connectivity index (χ1n) is 3.54. The highest BCUT2D eigenvalue weighted by molar-refractivity contribution is 4.45. The number of aliphatic hydroxyl groups excluding tert-OH is 1. The molecule has 0 aromatic carbocycles. The molecular weight excluding hydrogens is 116 g/mol. The van der Waals surface area contributed by atoms with Crippen molar-refractivity contribution in [1.82, 2.24) is 0 Å². The van der Waals surface area contributed by atoms with E-state index in [1.165, 1.54) is 0 Å². The Morgan fingerprint density at radius 3 is 2.22 bits per heavy atom. The average Bonchev–Trinajstić information content (AvgIpc) is 1.87. The molecule has 2 atom stereocenters. The SMILES string of the molecule is CC[C@@H](C)O[C@@H](O)CC. The standard InChI is InChI=1S/C7H16O2/c1-4-6(3)9-7(8)5-2/h6-8H,4-5H2,1-3H3/t6-,7-/m1/s1. The number of ether oxygens (including phenoxy) is 1. The van der Waals surface area contributed by atoms with Crippen molar-refractivity contribution in [3.63, 3.8) is 0 Å². The van der Waals surface area contributed by atoms with Crippen molar-refractivity contribution in [1.29, 1.82) is 0 Å². The lowest BCUT2D eigenvalue weighted by Gasteiger charge is -2.14. The predicted octanol–water partition coefficient (Wildman–Crippen LogP) is 1.53. The van der Waals surface area contributed by atoms with Crippen molar-refractivity contribution < 1.29 is 9.84 Å². The van der Waals surface area contributed by atoms with Crippen LogP contribution in [0.3, 0.4) is 0 Å². The molecule has 0 saturated carbocycles. The molecule has 9 heavy (non-hydrogen) atoms. The number of hydrogen-bond acceptors (Lipinski definition) is 2. The predicted molar refractivity (Wildman–Crippen MR) is 37.1 cm³/mol. The largest absolute Gasteiger partial charge is 0.368 e. The van der Waals surface area contributed by atoms with Gasteiger partial charge >= 0.3 is 0 Å². The second-order valence-corrected chi connectivity index (χ2v) is 2.22.